The van der Waals surface area contributed by atoms with Gasteiger partial charge in [0.2, 0.25) is 5.91 Å². The molecule has 5 rings (SSSR count). The van der Waals surface area contributed by atoms with Crippen molar-refractivity contribution in [2.24, 2.45) is 4.99 Å². The summed E-state index contributed by atoms with van der Waals surface area (Å²) in [4.78, 5) is 32.8. The van der Waals surface area contributed by atoms with Gasteiger partial charge in [-0.2, -0.15) is 0 Å². The Kier molecular flexibility index (Phi) is 8.47. The lowest BCUT2D eigenvalue weighted by Gasteiger charge is -2.17. The highest BCUT2D eigenvalue weighted by Crippen LogP contribution is 2.37. The van der Waals surface area contributed by atoms with Gasteiger partial charge in [0, 0.05) is 18.8 Å². The molecule has 1 atom stereocenters. The Labute approximate surface area is 235 Å². The van der Waals surface area contributed by atoms with Gasteiger partial charge in [-0.1, -0.05) is 78.9 Å². The summed E-state index contributed by atoms with van der Waals surface area (Å²) in [5.74, 6) is -1.18. The van der Waals surface area contributed by atoms with Gasteiger partial charge in [0.05, 0.1) is 23.6 Å². The van der Waals surface area contributed by atoms with Crippen LogP contribution >= 0.6 is 0 Å². The van der Waals surface area contributed by atoms with Gasteiger partial charge in [0.1, 0.15) is 5.92 Å². The van der Waals surface area contributed by atoms with E-state index in [0.29, 0.717) is 23.6 Å². The van der Waals surface area contributed by atoms with E-state index in [1.54, 1.807) is 19.1 Å². The number of hydrogen-bond acceptors (Lipinski definition) is 5. The second-order valence-corrected chi connectivity index (χ2v) is 9.95. The summed E-state index contributed by atoms with van der Waals surface area (Å²) in [6.07, 6.45) is 1.01. The molecule has 0 spiro atoms. The topological polar surface area (TPSA) is 71.0 Å². The van der Waals surface area contributed by atoms with Crippen LogP contribution in [0.5, 0.6) is 0 Å². The number of carbonyl (C=O) groups excluding carboxylic acids is 2. The van der Waals surface area contributed by atoms with Gasteiger partial charge >= 0.3 is 5.97 Å². The Morgan fingerprint density at radius 1 is 0.875 bits per heavy atom. The maximum Gasteiger partial charge on any atom is 0.338 e. The molecule has 4 aromatic rings. The number of hydrogen-bond donors (Lipinski definition) is 1. The number of fused-ring (bicyclic) bond motifs is 1. The van der Waals surface area contributed by atoms with Crippen LogP contribution in [0.25, 0.3) is 0 Å². The molecule has 4 aromatic carbocycles. The zero-order valence-electron chi connectivity index (χ0n) is 22.8. The van der Waals surface area contributed by atoms with E-state index in [-0.39, 0.29) is 5.91 Å². The van der Waals surface area contributed by atoms with Crippen LogP contribution in [0.3, 0.4) is 0 Å². The van der Waals surface area contributed by atoms with Crippen LogP contribution in [0.15, 0.2) is 108 Å². The zero-order valence-corrected chi connectivity index (χ0v) is 22.8. The molecule has 1 aliphatic rings. The number of likely N-dealkylation sites (N-methyl/N-ethyl adjacent to an activating group) is 1. The van der Waals surface area contributed by atoms with Gasteiger partial charge < -0.3 is 15.0 Å². The van der Waals surface area contributed by atoms with E-state index in [2.05, 4.69) is 53.7 Å². The van der Waals surface area contributed by atoms with Crippen molar-refractivity contribution in [2.75, 3.05) is 25.5 Å². The molecule has 1 N–H and O–H groups in total. The largest absolute Gasteiger partial charge is 0.462 e. The Hall–Kier alpha value is -4.55. The van der Waals surface area contributed by atoms with E-state index in [9.17, 15) is 9.59 Å². The lowest BCUT2D eigenvalue weighted by Crippen LogP contribution is -2.22. The molecule has 1 heterocycles. The molecule has 0 saturated heterocycles. The first-order valence-electron chi connectivity index (χ1n) is 13.6. The third-order valence-electron chi connectivity index (χ3n) is 7.00. The zero-order chi connectivity index (χ0) is 27.9. The summed E-state index contributed by atoms with van der Waals surface area (Å²) in [7, 11) is 2.13. The first kappa shape index (κ1) is 27.0. The summed E-state index contributed by atoms with van der Waals surface area (Å²) in [6, 6.07) is 33.7. The minimum atomic E-state index is -0.600. The van der Waals surface area contributed by atoms with Gasteiger partial charge in [0.15, 0.2) is 0 Å². The first-order chi connectivity index (χ1) is 19.5. The molecule has 0 fully saturated rings. The van der Waals surface area contributed by atoms with Crippen molar-refractivity contribution in [3.05, 3.63) is 131 Å². The molecular formula is C34H33N3O3. The Morgan fingerprint density at radius 3 is 2.27 bits per heavy atom. The molecule has 1 amide bonds. The number of nitrogens with zero attached hydrogens (tertiary/aromatic N) is 2. The smallest absolute Gasteiger partial charge is 0.338 e. The number of aliphatic imine (C=N–C) groups is 1. The highest BCUT2D eigenvalue weighted by Gasteiger charge is 2.36. The second kappa shape index (κ2) is 12.5. The van der Waals surface area contributed by atoms with E-state index in [4.69, 9.17) is 9.73 Å². The molecule has 6 heteroatoms. The van der Waals surface area contributed by atoms with Crippen LogP contribution in [0.2, 0.25) is 0 Å². The molecule has 0 bridgehead atoms. The van der Waals surface area contributed by atoms with Crippen molar-refractivity contribution in [1.82, 2.24) is 4.90 Å². The number of nitrogens with one attached hydrogen (secondary N) is 1. The normalized spacial score (nSPS) is 14.6. The van der Waals surface area contributed by atoms with Crippen LogP contribution in [0.1, 0.15) is 45.5 Å². The highest BCUT2D eigenvalue weighted by molar-refractivity contribution is 6.24. The van der Waals surface area contributed by atoms with Crippen molar-refractivity contribution in [3.8, 4) is 0 Å². The molecule has 202 valence electrons. The van der Waals surface area contributed by atoms with Crippen molar-refractivity contribution >= 4 is 29.0 Å². The van der Waals surface area contributed by atoms with Crippen LogP contribution in [-0.2, 0) is 22.5 Å². The number of esters is 1. The van der Waals surface area contributed by atoms with E-state index in [1.807, 2.05) is 54.6 Å². The van der Waals surface area contributed by atoms with E-state index in [1.165, 1.54) is 11.1 Å². The maximum atomic E-state index is 13.3. The lowest BCUT2D eigenvalue weighted by atomic mass is 9.90. The van der Waals surface area contributed by atoms with E-state index in [0.717, 1.165) is 36.3 Å². The number of ether oxygens (including phenoxy) is 1. The Bertz CT molecular complexity index is 1500. The standard InChI is InChI=1S/C34H33N3O3/c1-3-40-34(39)27-16-19-29-30(22-27)36-33(38)31(29)32(26-12-8-5-9-13-26)35-28-17-14-25(15-18-28)23-37(2)21-20-24-10-6-4-7-11-24/h4-19,22,31H,3,20-21,23H2,1-2H3,(H,36,38). The van der Waals surface area contributed by atoms with Crippen molar-refractivity contribution < 1.29 is 14.3 Å². The minimum Gasteiger partial charge on any atom is -0.462 e. The number of benzene rings is 4. The molecule has 0 saturated carbocycles. The molecule has 40 heavy (non-hydrogen) atoms. The van der Waals surface area contributed by atoms with Crippen LogP contribution in [0, 0.1) is 0 Å². The summed E-state index contributed by atoms with van der Waals surface area (Å²) in [5, 5.41) is 2.94. The monoisotopic (exact) mass is 531 g/mol. The Morgan fingerprint density at radius 2 is 1.57 bits per heavy atom. The fraction of sp³-hybridized carbons (Fsp3) is 0.206. The molecule has 1 aliphatic heterocycles. The lowest BCUT2D eigenvalue weighted by molar-refractivity contribution is -0.115. The minimum absolute atomic E-state index is 0.171. The quantitative estimate of drug-likeness (QED) is 0.190. The fourth-order valence-corrected chi connectivity index (χ4v) is 4.95. The highest BCUT2D eigenvalue weighted by atomic mass is 16.5. The predicted molar refractivity (Wildman–Crippen MR) is 159 cm³/mol. The van der Waals surface area contributed by atoms with Crippen LogP contribution < -0.4 is 5.32 Å². The number of amides is 1. The number of rotatable bonds is 10. The van der Waals surface area contributed by atoms with Gasteiger partial charge in [-0.15, -0.1) is 0 Å². The van der Waals surface area contributed by atoms with Crippen LogP contribution in [0.4, 0.5) is 11.4 Å². The van der Waals surface area contributed by atoms with Gasteiger partial charge in [0.25, 0.3) is 0 Å². The Balaban J connectivity index is 1.37. The van der Waals surface area contributed by atoms with Crippen LogP contribution in [-0.4, -0.2) is 42.7 Å². The van der Waals surface area contributed by atoms with Crippen molar-refractivity contribution in [1.29, 1.82) is 0 Å². The molecule has 1 unspecified atom stereocenters. The molecule has 0 radical (unpaired) electrons. The second-order valence-electron chi connectivity index (χ2n) is 9.95. The molecule has 0 aromatic heterocycles. The van der Waals surface area contributed by atoms with Crippen molar-refractivity contribution in [2.45, 2.75) is 25.8 Å². The van der Waals surface area contributed by atoms with E-state index >= 15 is 0 Å². The van der Waals surface area contributed by atoms with Gasteiger partial charge in [-0.05, 0) is 66.9 Å². The molecule has 6 nitrogen and oxygen atoms in total. The third kappa shape index (κ3) is 6.35. The van der Waals surface area contributed by atoms with Gasteiger partial charge in [-0.25, -0.2) is 4.79 Å². The molecular weight excluding hydrogens is 498 g/mol. The van der Waals surface area contributed by atoms with E-state index < -0.39 is 11.9 Å². The number of anilines is 1. The summed E-state index contributed by atoms with van der Waals surface area (Å²) < 4.78 is 5.13. The average molecular weight is 532 g/mol. The summed E-state index contributed by atoms with van der Waals surface area (Å²) >= 11 is 0. The van der Waals surface area contributed by atoms with Crippen molar-refractivity contribution in [3.63, 3.8) is 0 Å². The maximum absolute atomic E-state index is 13.3. The summed E-state index contributed by atoms with van der Waals surface area (Å²) in [6.45, 7) is 3.86. The predicted octanol–water partition coefficient (Wildman–Crippen LogP) is 6.39. The SMILES string of the molecule is CCOC(=O)c1ccc2c(c1)NC(=O)C2C(=Nc1ccc(CN(C)CCc2ccccc2)cc1)c1ccccc1. The number of carbonyl (C=O) groups is 2. The first-order valence-corrected chi connectivity index (χ1v) is 13.6. The van der Waals surface area contributed by atoms with Gasteiger partial charge in [-0.3, -0.25) is 9.79 Å². The fourth-order valence-electron chi connectivity index (χ4n) is 4.95. The summed E-state index contributed by atoms with van der Waals surface area (Å²) in [5.41, 5.74) is 6.65. The molecule has 0 aliphatic carbocycles. The third-order valence-corrected chi connectivity index (χ3v) is 7.00. The average Bonchev–Trinajstić information content (AvgIpc) is 3.31.